The van der Waals surface area contributed by atoms with E-state index in [1.54, 1.807) is 0 Å². The number of ether oxygens (including phenoxy) is 1. The van der Waals surface area contributed by atoms with Crippen LogP contribution in [-0.4, -0.2) is 36.2 Å². The van der Waals surface area contributed by atoms with Gasteiger partial charge in [0.1, 0.15) is 0 Å². The van der Waals surface area contributed by atoms with Crippen molar-refractivity contribution in [3.63, 3.8) is 0 Å². The minimum Gasteiger partial charge on any atom is -0.376 e. The van der Waals surface area contributed by atoms with Gasteiger partial charge in [0.15, 0.2) is 5.17 Å². The molecule has 1 heterocycles. The van der Waals surface area contributed by atoms with Crippen molar-refractivity contribution in [2.24, 2.45) is 4.99 Å². The molecule has 1 fully saturated rings. The first-order chi connectivity index (χ1) is 6.74. The Morgan fingerprint density at radius 2 is 2.43 bits per heavy atom. The van der Waals surface area contributed by atoms with Crippen molar-refractivity contribution in [3.05, 3.63) is 0 Å². The molecule has 0 saturated heterocycles. The van der Waals surface area contributed by atoms with Crippen molar-refractivity contribution < 1.29 is 4.74 Å². The number of hydrogen-bond donors (Lipinski definition) is 1. The lowest BCUT2D eigenvalue weighted by molar-refractivity contribution is -0.0663. The zero-order valence-electron chi connectivity index (χ0n) is 8.88. The van der Waals surface area contributed by atoms with E-state index in [1.165, 1.54) is 19.3 Å². The second-order valence-corrected chi connectivity index (χ2v) is 5.60. The minimum absolute atomic E-state index is 0.106. The van der Waals surface area contributed by atoms with Crippen LogP contribution in [0.25, 0.3) is 0 Å². The van der Waals surface area contributed by atoms with Gasteiger partial charge in [0.25, 0.3) is 0 Å². The van der Waals surface area contributed by atoms with Crippen LogP contribution in [0.2, 0.25) is 0 Å². The lowest BCUT2D eigenvalue weighted by Crippen LogP contribution is -2.48. The minimum atomic E-state index is 0.106. The monoisotopic (exact) mass is 214 g/mol. The Kier molecular flexibility index (Phi) is 3.02. The number of aliphatic imine (C=N–C) groups is 1. The van der Waals surface area contributed by atoms with Gasteiger partial charge in [0.2, 0.25) is 0 Å². The van der Waals surface area contributed by atoms with Crippen molar-refractivity contribution in [3.8, 4) is 0 Å². The molecule has 0 aromatic heterocycles. The molecular formula is C10H18N2OS. The van der Waals surface area contributed by atoms with Crippen molar-refractivity contribution in [2.75, 3.05) is 20.2 Å². The van der Waals surface area contributed by atoms with E-state index in [9.17, 15) is 0 Å². The molecule has 4 heteroatoms. The van der Waals surface area contributed by atoms with Crippen LogP contribution >= 0.6 is 11.8 Å². The third-order valence-electron chi connectivity index (χ3n) is 3.06. The van der Waals surface area contributed by atoms with Crippen LogP contribution in [0.5, 0.6) is 0 Å². The van der Waals surface area contributed by atoms with Crippen molar-refractivity contribution in [1.82, 2.24) is 5.32 Å². The number of thioether (sulfide) groups is 1. The van der Waals surface area contributed by atoms with Crippen LogP contribution < -0.4 is 5.32 Å². The van der Waals surface area contributed by atoms with E-state index in [4.69, 9.17) is 4.74 Å². The fraction of sp³-hybridized carbons (Fsp3) is 0.900. The Morgan fingerprint density at radius 3 is 2.86 bits per heavy atom. The van der Waals surface area contributed by atoms with Gasteiger partial charge in [0, 0.05) is 18.9 Å². The van der Waals surface area contributed by atoms with Crippen molar-refractivity contribution in [2.45, 2.75) is 37.0 Å². The highest BCUT2D eigenvalue weighted by Gasteiger charge is 2.37. The normalized spacial score (nSPS) is 29.6. The first kappa shape index (κ1) is 10.3. The van der Waals surface area contributed by atoms with Crippen LogP contribution in [0.1, 0.15) is 26.2 Å². The number of nitrogens with one attached hydrogen (secondary N) is 1. The molecule has 14 heavy (non-hydrogen) atoms. The van der Waals surface area contributed by atoms with Gasteiger partial charge in [-0.2, -0.15) is 0 Å². The molecule has 0 aromatic rings. The lowest BCUT2D eigenvalue weighted by Gasteiger charge is -2.40. The molecule has 0 amide bonds. The summed E-state index contributed by atoms with van der Waals surface area (Å²) in [6.07, 6.45) is 3.67. The third kappa shape index (κ3) is 2.06. The van der Waals surface area contributed by atoms with Crippen LogP contribution in [0.4, 0.5) is 0 Å². The molecule has 80 valence electrons. The summed E-state index contributed by atoms with van der Waals surface area (Å²) in [5.41, 5.74) is 0.106. The standard InChI is InChI=1S/C10H18N2OS/c1-8-6-11-9(14-8)12-7-10(13-2)4-3-5-10/h8H,3-7H2,1-2H3,(H,11,12). The van der Waals surface area contributed by atoms with Crippen LogP contribution in [0.15, 0.2) is 4.99 Å². The zero-order chi connectivity index (χ0) is 10.0. The average Bonchev–Trinajstić information content (AvgIpc) is 2.50. The van der Waals surface area contributed by atoms with Gasteiger partial charge >= 0.3 is 0 Å². The van der Waals surface area contributed by atoms with E-state index in [0.717, 1.165) is 18.3 Å². The SMILES string of the molecule is COC1(CNC2=NCC(C)S2)CCC1. The van der Waals surface area contributed by atoms with Crippen LogP contribution in [0, 0.1) is 0 Å². The molecule has 1 aliphatic heterocycles. The Hall–Kier alpha value is -0.220. The van der Waals surface area contributed by atoms with Crippen LogP contribution in [0.3, 0.4) is 0 Å². The smallest absolute Gasteiger partial charge is 0.157 e. The molecule has 0 radical (unpaired) electrons. The van der Waals surface area contributed by atoms with Gasteiger partial charge in [-0.25, -0.2) is 0 Å². The fourth-order valence-corrected chi connectivity index (χ4v) is 2.67. The first-order valence-corrected chi connectivity index (χ1v) is 6.12. The summed E-state index contributed by atoms with van der Waals surface area (Å²) in [6.45, 7) is 4.08. The summed E-state index contributed by atoms with van der Waals surface area (Å²) in [5.74, 6) is 0. The Labute approximate surface area is 89.7 Å². The Morgan fingerprint density at radius 1 is 1.64 bits per heavy atom. The largest absolute Gasteiger partial charge is 0.376 e. The Balaban J connectivity index is 1.76. The summed E-state index contributed by atoms with van der Waals surface area (Å²) < 4.78 is 5.53. The van der Waals surface area contributed by atoms with E-state index in [0.29, 0.717) is 5.25 Å². The first-order valence-electron chi connectivity index (χ1n) is 5.24. The van der Waals surface area contributed by atoms with Gasteiger partial charge in [-0.3, -0.25) is 4.99 Å². The second kappa shape index (κ2) is 4.11. The van der Waals surface area contributed by atoms with Crippen molar-refractivity contribution in [1.29, 1.82) is 0 Å². The van der Waals surface area contributed by atoms with E-state index in [-0.39, 0.29) is 5.60 Å². The van der Waals surface area contributed by atoms with Crippen LogP contribution in [-0.2, 0) is 4.74 Å². The average molecular weight is 214 g/mol. The zero-order valence-corrected chi connectivity index (χ0v) is 9.69. The fourth-order valence-electron chi connectivity index (χ4n) is 1.84. The molecule has 1 N–H and O–H groups in total. The maximum absolute atomic E-state index is 5.53. The number of hydrogen-bond acceptors (Lipinski definition) is 4. The molecule has 0 aromatic carbocycles. The molecule has 2 rings (SSSR count). The lowest BCUT2D eigenvalue weighted by atomic mass is 9.80. The predicted molar refractivity (Wildman–Crippen MR) is 60.9 cm³/mol. The second-order valence-electron chi connectivity index (χ2n) is 4.17. The van der Waals surface area contributed by atoms with Gasteiger partial charge < -0.3 is 10.1 Å². The molecule has 1 unspecified atom stereocenters. The maximum atomic E-state index is 5.53. The quantitative estimate of drug-likeness (QED) is 0.775. The van der Waals surface area contributed by atoms with E-state index in [1.807, 2.05) is 18.9 Å². The summed E-state index contributed by atoms with van der Waals surface area (Å²) in [7, 11) is 1.81. The molecule has 0 bridgehead atoms. The highest BCUT2D eigenvalue weighted by atomic mass is 32.2. The van der Waals surface area contributed by atoms with Gasteiger partial charge in [-0.15, -0.1) is 0 Å². The molecule has 1 atom stereocenters. The summed E-state index contributed by atoms with van der Waals surface area (Å²) in [6, 6.07) is 0. The third-order valence-corrected chi connectivity index (χ3v) is 4.11. The number of nitrogens with zero attached hydrogens (tertiary/aromatic N) is 1. The number of amidine groups is 1. The summed E-state index contributed by atoms with van der Waals surface area (Å²) >= 11 is 1.83. The van der Waals surface area contributed by atoms with Gasteiger partial charge in [0.05, 0.1) is 12.1 Å². The van der Waals surface area contributed by atoms with Crippen molar-refractivity contribution >= 4 is 16.9 Å². The topological polar surface area (TPSA) is 33.6 Å². The predicted octanol–water partition coefficient (Wildman–Crippen LogP) is 1.64. The highest BCUT2D eigenvalue weighted by Crippen LogP contribution is 2.34. The van der Waals surface area contributed by atoms with E-state index in [2.05, 4.69) is 17.2 Å². The molecule has 3 nitrogen and oxygen atoms in total. The number of rotatable bonds is 3. The van der Waals surface area contributed by atoms with Gasteiger partial charge in [-0.05, 0) is 19.3 Å². The maximum Gasteiger partial charge on any atom is 0.157 e. The molecular weight excluding hydrogens is 196 g/mol. The van der Waals surface area contributed by atoms with Gasteiger partial charge in [-0.1, -0.05) is 18.7 Å². The highest BCUT2D eigenvalue weighted by molar-refractivity contribution is 8.14. The molecule has 1 aliphatic carbocycles. The molecule has 1 saturated carbocycles. The summed E-state index contributed by atoms with van der Waals surface area (Å²) in [5, 5.41) is 5.13. The summed E-state index contributed by atoms with van der Waals surface area (Å²) in [4.78, 5) is 4.43. The molecule has 2 aliphatic rings. The number of methoxy groups -OCH3 is 1. The van der Waals surface area contributed by atoms with E-state index >= 15 is 0 Å². The van der Waals surface area contributed by atoms with E-state index < -0.39 is 0 Å². The molecule has 0 spiro atoms. The Bertz CT molecular complexity index is 233.